The van der Waals surface area contributed by atoms with E-state index in [1.54, 1.807) is 22.8 Å². The van der Waals surface area contributed by atoms with Gasteiger partial charge in [-0.05, 0) is 68.1 Å². The van der Waals surface area contributed by atoms with Crippen molar-refractivity contribution in [1.29, 1.82) is 0 Å². The van der Waals surface area contributed by atoms with Gasteiger partial charge in [0.25, 0.3) is 5.56 Å². The lowest BCUT2D eigenvalue weighted by Gasteiger charge is -2.22. The van der Waals surface area contributed by atoms with Crippen molar-refractivity contribution in [2.75, 3.05) is 25.1 Å². The van der Waals surface area contributed by atoms with Crippen molar-refractivity contribution in [3.05, 3.63) is 63.4 Å². The van der Waals surface area contributed by atoms with E-state index in [0.717, 1.165) is 37.2 Å². The number of hydrogen-bond donors (Lipinski definition) is 0. The Balaban J connectivity index is 2.00. The molecule has 1 aliphatic rings. The highest BCUT2D eigenvalue weighted by atomic mass is 16.5. The molecule has 1 fully saturated rings. The molecule has 6 heteroatoms. The first kappa shape index (κ1) is 18.2. The van der Waals surface area contributed by atoms with Crippen LogP contribution in [0.2, 0.25) is 0 Å². The second-order valence-corrected chi connectivity index (χ2v) is 7.24. The molecular weight excluding hydrogens is 354 g/mol. The van der Waals surface area contributed by atoms with Gasteiger partial charge in [0.2, 0.25) is 5.95 Å². The molecule has 1 saturated heterocycles. The van der Waals surface area contributed by atoms with E-state index in [-0.39, 0.29) is 5.56 Å². The summed E-state index contributed by atoms with van der Waals surface area (Å²) in [7, 11) is 1.34. The monoisotopic (exact) mass is 377 g/mol. The number of hydrogen-bond acceptors (Lipinski definition) is 5. The van der Waals surface area contributed by atoms with Crippen LogP contribution < -0.4 is 10.5 Å². The number of rotatable bonds is 3. The van der Waals surface area contributed by atoms with Crippen LogP contribution in [-0.2, 0) is 4.74 Å². The van der Waals surface area contributed by atoms with E-state index in [2.05, 4.69) is 11.8 Å². The summed E-state index contributed by atoms with van der Waals surface area (Å²) in [4.78, 5) is 32.3. The molecule has 0 amide bonds. The summed E-state index contributed by atoms with van der Waals surface area (Å²) < 4.78 is 6.49. The van der Waals surface area contributed by atoms with E-state index < -0.39 is 5.97 Å². The molecular formula is C22H23N3O3. The quantitative estimate of drug-likeness (QED) is 0.655. The lowest BCUT2D eigenvalue weighted by molar-refractivity contribution is 0.0601. The van der Waals surface area contributed by atoms with E-state index in [1.165, 1.54) is 12.7 Å². The van der Waals surface area contributed by atoms with Crippen molar-refractivity contribution < 1.29 is 9.53 Å². The fourth-order valence-corrected chi connectivity index (χ4v) is 3.65. The molecule has 0 aliphatic carbocycles. The average Bonchev–Trinajstić information content (AvgIpc) is 3.24. The summed E-state index contributed by atoms with van der Waals surface area (Å²) in [6.45, 7) is 5.81. The van der Waals surface area contributed by atoms with E-state index in [4.69, 9.17) is 9.72 Å². The van der Waals surface area contributed by atoms with Gasteiger partial charge in [-0.1, -0.05) is 6.07 Å². The molecule has 144 valence electrons. The Hall–Kier alpha value is -3.15. The zero-order valence-corrected chi connectivity index (χ0v) is 16.4. The van der Waals surface area contributed by atoms with Crippen LogP contribution in [0.25, 0.3) is 16.6 Å². The van der Waals surface area contributed by atoms with Crippen molar-refractivity contribution in [2.45, 2.75) is 26.7 Å². The van der Waals surface area contributed by atoms with Crippen LogP contribution in [0, 0.1) is 13.8 Å². The SMILES string of the molecule is COC(=O)c1ccc2c(=O)n(-c3ccc(C)c(C)c3)c(N3CCCC3)nc2c1. The first-order chi connectivity index (χ1) is 13.5. The number of aryl methyl sites for hydroxylation is 2. The fourth-order valence-electron chi connectivity index (χ4n) is 3.65. The first-order valence-corrected chi connectivity index (χ1v) is 9.47. The van der Waals surface area contributed by atoms with Crippen LogP contribution in [0.3, 0.4) is 0 Å². The van der Waals surface area contributed by atoms with Crippen LogP contribution in [0.5, 0.6) is 0 Å². The number of ether oxygens (including phenoxy) is 1. The molecule has 3 aromatic rings. The predicted octanol–water partition coefficient (Wildman–Crippen LogP) is 3.39. The molecule has 1 aromatic heterocycles. The Kier molecular flexibility index (Phi) is 4.63. The van der Waals surface area contributed by atoms with Crippen LogP contribution in [0.4, 0.5) is 5.95 Å². The topological polar surface area (TPSA) is 64.4 Å². The third-order valence-electron chi connectivity index (χ3n) is 5.41. The van der Waals surface area contributed by atoms with E-state index in [1.807, 2.05) is 25.1 Å². The van der Waals surface area contributed by atoms with Gasteiger partial charge in [-0.3, -0.25) is 4.79 Å². The summed E-state index contributed by atoms with van der Waals surface area (Å²) in [5.74, 6) is 0.185. The van der Waals surface area contributed by atoms with Gasteiger partial charge in [-0.25, -0.2) is 14.3 Å². The van der Waals surface area contributed by atoms with Crippen molar-refractivity contribution in [1.82, 2.24) is 9.55 Å². The molecule has 0 spiro atoms. The molecule has 28 heavy (non-hydrogen) atoms. The minimum atomic E-state index is -0.440. The maximum absolute atomic E-state index is 13.4. The Morgan fingerprint density at radius 1 is 1.04 bits per heavy atom. The molecule has 2 aromatic carbocycles. The van der Waals surface area contributed by atoms with Gasteiger partial charge in [0.1, 0.15) is 0 Å². The van der Waals surface area contributed by atoms with Crippen LogP contribution in [-0.4, -0.2) is 35.7 Å². The van der Waals surface area contributed by atoms with Gasteiger partial charge >= 0.3 is 5.97 Å². The van der Waals surface area contributed by atoms with Gasteiger partial charge < -0.3 is 9.64 Å². The maximum Gasteiger partial charge on any atom is 0.337 e. The molecule has 1 aliphatic heterocycles. The first-order valence-electron chi connectivity index (χ1n) is 9.47. The number of benzene rings is 2. The summed E-state index contributed by atoms with van der Waals surface area (Å²) in [5.41, 5.74) is 3.87. The lowest BCUT2D eigenvalue weighted by Crippen LogP contribution is -2.30. The maximum atomic E-state index is 13.4. The van der Waals surface area contributed by atoms with Gasteiger partial charge in [0, 0.05) is 13.1 Å². The molecule has 0 radical (unpaired) electrons. The van der Waals surface area contributed by atoms with E-state index in [0.29, 0.717) is 22.4 Å². The van der Waals surface area contributed by atoms with Crippen LogP contribution >= 0.6 is 0 Å². The highest BCUT2D eigenvalue weighted by molar-refractivity contribution is 5.94. The number of carbonyl (C=O) groups excluding carboxylic acids is 1. The minimum absolute atomic E-state index is 0.133. The fraction of sp³-hybridized carbons (Fsp3) is 0.318. The molecule has 0 bridgehead atoms. The van der Waals surface area contributed by atoms with Gasteiger partial charge in [0.05, 0.1) is 29.3 Å². The number of esters is 1. The highest BCUT2D eigenvalue weighted by Gasteiger charge is 2.22. The Morgan fingerprint density at radius 2 is 1.79 bits per heavy atom. The van der Waals surface area contributed by atoms with E-state index >= 15 is 0 Å². The third-order valence-corrected chi connectivity index (χ3v) is 5.41. The summed E-state index contributed by atoms with van der Waals surface area (Å²) in [6.07, 6.45) is 2.14. The molecule has 4 rings (SSSR count). The average molecular weight is 377 g/mol. The number of anilines is 1. The molecule has 2 heterocycles. The second-order valence-electron chi connectivity index (χ2n) is 7.24. The van der Waals surface area contributed by atoms with E-state index in [9.17, 15) is 9.59 Å². The zero-order chi connectivity index (χ0) is 19.8. The molecule has 0 N–H and O–H groups in total. The molecule has 0 saturated carbocycles. The molecule has 6 nitrogen and oxygen atoms in total. The van der Waals surface area contributed by atoms with Crippen molar-refractivity contribution >= 4 is 22.8 Å². The van der Waals surface area contributed by atoms with Gasteiger partial charge in [0.15, 0.2) is 0 Å². The van der Waals surface area contributed by atoms with Crippen LogP contribution in [0.15, 0.2) is 41.2 Å². The summed E-state index contributed by atoms with van der Waals surface area (Å²) in [5, 5.41) is 0.480. The van der Waals surface area contributed by atoms with Crippen molar-refractivity contribution in [3.63, 3.8) is 0 Å². The summed E-state index contributed by atoms with van der Waals surface area (Å²) in [6, 6.07) is 10.9. The predicted molar refractivity (Wildman–Crippen MR) is 110 cm³/mol. The minimum Gasteiger partial charge on any atom is -0.465 e. The molecule has 0 unspecified atom stereocenters. The lowest BCUT2D eigenvalue weighted by atomic mass is 10.1. The van der Waals surface area contributed by atoms with Gasteiger partial charge in [-0.2, -0.15) is 0 Å². The molecule has 0 atom stereocenters. The van der Waals surface area contributed by atoms with Gasteiger partial charge in [-0.15, -0.1) is 0 Å². The Morgan fingerprint density at radius 3 is 2.46 bits per heavy atom. The second kappa shape index (κ2) is 7.11. The number of nitrogens with zero attached hydrogens (tertiary/aromatic N) is 3. The smallest absolute Gasteiger partial charge is 0.337 e. The number of fused-ring (bicyclic) bond motifs is 1. The largest absolute Gasteiger partial charge is 0.465 e. The number of carbonyl (C=O) groups is 1. The Bertz CT molecular complexity index is 1130. The number of methoxy groups -OCH3 is 1. The zero-order valence-electron chi connectivity index (χ0n) is 16.4. The Labute approximate surface area is 163 Å². The highest BCUT2D eigenvalue weighted by Crippen LogP contribution is 2.24. The normalized spacial score (nSPS) is 13.9. The third kappa shape index (κ3) is 3.05. The standard InChI is InChI=1S/C22H23N3O3/c1-14-6-8-17(12-15(14)2)25-20(26)18-9-7-16(21(27)28-3)13-19(18)23-22(25)24-10-4-5-11-24/h6-9,12-13H,4-5,10-11H2,1-3H3. The van der Waals surface area contributed by atoms with Crippen molar-refractivity contribution in [3.8, 4) is 5.69 Å². The summed E-state index contributed by atoms with van der Waals surface area (Å²) >= 11 is 0. The number of aromatic nitrogens is 2. The van der Waals surface area contributed by atoms with Crippen LogP contribution in [0.1, 0.15) is 34.3 Å². The van der Waals surface area contributed by atoms with Crippen molar-refractivity contribution in [2.24, 2.45) is 0 Å².